The highest BCUT2D eigenvalue weighted by Crippen LogP contribution is 2.25. The summed E-state index contributed by atoms with van der Waals surface area (Å²) >= 11 is 1.29. The third-order valence-electron chi connectivity index (χ3n) is 3.34. The number of hydrogen-bond donors (Lipinski definition) is 1. The molecule has 0 aliphatic heterocycles. The van der Waals surface area contributed by atoms with Crippen LogP contribution in [0.5, 0.6) is 0 Å². The SMILES string of the molecule is CCOC(=O)c1c(SCc2cn3ccccc3n2)nc(=O)[nH]c1C. The van der Waals surface area contributed by atoms with Gasteiger partial charge in [-0.25, -0.2) is 14.6 Å². The Labute approximate surface area is 142 Å². The average molecular weight is 344 g/mol. The van der Waals surface area contributed by atoms with Crippen molar-refractivity contribution in [3.8, 4) is 0 Å². The van der Waals surface area contributed by atoms with Gasteiger partial charge in [0.2, 0.25) is 0 Å². The Morgan fingerprint density at radius 2 is 2.21 bits per heavy atom. The van der Waals surface area contributed by atoms with E-state index in [0.29, 0.717) is 22.0 Å². The first-order chi connectivity index (χ1) is 11.6. The minimum atomic E-state index is -0.490. The second kappa shape index (κ2) is 6.88. The number of aromatic nitrogens is 4. The fourth-order valence-electron chi connectivity index (χ4n) is 2.31. The Hall–Kier alpha value is -2.61. The quantitative estimate of drug-likeness (QED) is 0.433. The van der Waals surface area contributed by atoms with Crippen LogP contribution in [0, 0.1) is 6.92 Å². The maximum atomic E-state index is 12.1. The zero-order valence-corrected chi connectivity index (χ0v) is 14.1. The molecule has 0 saturated carbocycles. The molecule has 3 aromatic heterocycles. The molecule has 124 valence electrons. The predicted molar refractivity (Wildman–Crippen MR) is 90.3 cm³/mol. The van der Waals surface area contributed by atoms with E-state index < -0.39 is 11.7 Å². The molecule has 0 fully saturated rings. The molecule has 0 bridgehead atoms. The molecule has 0 saturated heterocycles. The first-order valence-electron chi connectivity index (χ1n) is 7.42. The van der Waals surface area contributed by atoms with Crippen LogP contribution in [0.1, 0.15) is 28.7 Å². The third kappa shape index (κ3) is 3.33. The van der Waals surface area contributed by atoms with Crippen molar-refractivity contribution in [3.05, 3.63) is 58.0 Å². The molecule has 0 atom stereocenters. The van der Waals surface area contributed by atoms with Crippen molar-refractivity contribution in [1.82, 2.24) is 19.4 Å². The lowest BCUT2D eigenvalue weighted by Gasteiger charge is -2.09. The summed E-state index contributed by atoms with van der Waals surface area (Å²) < 4.78 is 6.97. The normalized spacial score (nSPS) is 10.9. The van der Waals surface area contributed by atoms with E-state index in [0.717, 1.165) is 11.3 Å². The highest BCUT2D eigenvalue weighted by atomic mass is 32.2. The van der Waals surface area contributed by atoms with Gasteiger partial charge in [-0.3, -0.25) is 0 Å². The second-order valence-corrected chi connectivity index (χ2v) is 6.02. The van der Waals surface area contributed by atoms with Crippen LogP contribution in [-0.4, -0.2) is 31.9 Å². The largest absolute Gasteiger partial charge is 0.462 e. The molecular weight excluding hydrogens is 328 g/mol. The number of H-pyrrole nitrogens is 1. The second-order valence-electron chi connectivity index (χ2n) is 5.05. The van der Waals surface area contributed by atoms with Crippen molar-refractivity contribution in [2.24, 2.45) is 0 Å². The van der Waals surface area contributed by atoms with Crippen molar-refractivity contribution in [2.45, 2.75) is 24.6 Å². The number of carbonyl (C=O) groups excluding carboxylic acids is 1. The van der Waals surface area contributed by atoms with Gasteiger partial charge in [-0.2, -0.15) is 4.98 Å². The van der Waals surface area contributed by atoms with E-state index >= 15 is 0 Å². The van der Waals surface area contributed by atoms with Crippen molar-refractivity contribution in [2.75, 3.05) is 6.61 Å². The van der Waals surface area contributed by atoms with Gasteiger partial charge in [0.1, 0.15) is 16.2 Å². The molecular formula is C16H16N4O3S. The summed E-state index contributed by atoms with van der Waals surface area (Å²) in [5.41, 5.74) is 1.93. The van der Waals surface area contributed by atoms with Crippen LogP contribution in [-0.2, 0) is 10.5 Å². The van der Waals surface area contributed by atoms with E-state index in [1.165, 1.54) is 11.8 Å². The van der Waals surface area contributed by atoms with E-state index in [2.05, 4.69) is 15.0 Å². The Bertz CT molecular complexity index is 915. The Balaban J connectivity index is 1.88. The van der Waals surface area contributed by atoms with Gasteiger partial charge in [0, 0.05) is 23.8 Å². The zero-order chi connectivity index (χ0) is 17.1. The molecule has 0 amide bonds. The molecule has 0 aliphatic rings. The molecule has 0 radical (unpaired) electrons. The van der Waals surface area contributed by atoms with E-state index in [1.54, 1.807) is 13.8 Å². The number of hydrogen-bond acceptors (Lipinski definition) is 6. The number of carbonyl (C=O) groups is 1. The summed E-state index contributed by atoms with van der Waals surface area (Å²) in [6.07, 6.45) is 3.82. The smallest absolute Gasteiger partial charge is 0.346 e. The Morgan fingerprint density at radius 3 is 2.96 bits per heavy atom. The fourth-order valence-corrected chi connectivity index (χ4v) is 3.26. The maximum absolute atomic E-state index is 12.1. The summed E-state index contributed by atoms with van der Waals surface area (Å²) in [6.45, 7) is 3.65. The molecule has 0 aromatic carbocycles. The average Bonchev–Trinajstić information content (AvgIpc) is 2.95. The summed E-state index contributed by atoms with van der Waals surface area (Å²) in [4.78, 5) is 34.7. The van der Waals surface area contributed by atoms with Crippen LogP contribution in [0.3, 0.4) is 0 Å². The van der Waals surface area contributed by atoms with Gasteiger partial charge in [-0.15, -0.1) is 0 Å². The van der Waals surface area contributed by atoms with E-state index in [-0.39, 0.29) is 6.61 Å². The molecule has 8 heteroatoms. The van der Waals surface area contributed by atoms with Crippen LogP contribution in [0.4, 0.5) is 0 Å². The number of imidazole rings is 1. The topological polar surface area (TPSA) is 89.3 Å². The number of ether oxygens (including phenoxy) is 1. The number of pyridine rings is 1. The Kier molecular flexibility index (Phi) is 4.66. The van der Waals surface area contributed by atoms with Crippen molar-refractivity contribution in [1.29, 1.82) is 0 Å². The van der Waals surface area contributed by atoms with Gasteiger partial charge >= 0.3 is 11.7 Å². The van der Waals surface area contributed by atoms with E-state index in [9.17, 15) is 9.59 Å². The first kappa shape index (κ1) is 16.3. The molecule has 0 aliphatic carbocycles. The number of aromatic amines is 1. The third-order valence-corrected chi connectivity index (χ3v) is 4.35. The lowest BCUT2D eigenvalue weighted by molar-refractivity contribution is 0.0519. The Morgan fingerprint density at radius 1 is 1.38 bits per heavy atom. The number of rotatable bonds is 5. The summed E-state index contributed by atoms with van der Waals surface area (Å²) in [5, 5.41) is 0.353. The lowest BCUT2D eigenvalue weighted by Crippen LogP contribution is -2.19. The molecule has 1 N–H and O–H groups in total. The summed E-state index contributed by atoms with van der Waals surface area (Å²) in [7, 11) is 0. The van der Waals surface area contributed by atoms with Crippen LogP contribution < -0.4 is 5.69 Å². The highest BCUT2D eigenvalue weighted by Gasteiger charge is 2.19. The van der Waals surface area contributed by atoms with E-state index in [4.69, 9.17) is 4.74 Å². The number of thioether (sulfide) groups is 1. The monoisotopic (exact) mass is 344 g/mol. The maximum Gasteiger partial charge on any atom is 0.346 e. The van der Waals surface area contributed by atoms with Gasteiger partial charge in [-0.1, -0.05) is 17.8 Å². The molecule has 7 nitrogen and oxygen atoms in total. The minimum absolute atomic E-state index is 0.258. The molecule has 0 unspecified atom stereocenters. The zero-order valence-electron chi connectivity index (χ0n) is 13.3. The molecule has 3 aromatic rings. The number of fused-ring (bicyclic) bond motifs is 1. The summed E-state index contributed by atoms with van der Waals surface area (Å²) in [6, 6.07) is 5.75. The van der Waals surface area contributed by atoms with Crippen LogP contribution >= 0.6 is 11.8 Å². The number of nitrogens with zero attached hydrogens (tertiary/aromatic N) is 3. The molecule has 3 rings (SSSR count). The van der Waals surface area contributed by atoms with Gasteiger partial charge in [0.25, 0.3) is 0 Å². The van der Waals surface area contributed by atoms with Gasteiger partial charge < -0.3 is 14.1 Å². The predicted octanol–water partition coefficient (Wildman–Crippen LogP) is 2.20. The lowest BCUT2D eigenvalue weighted by atomic mass is 10.2. The highest BCUT2D eigenvalue weighted by molar-refractivity contribution is 7.98. The van der Waals surface area contributed by atoms with Crippen molar-refractivity contribution < 1.29 is 9.53 Å². The number of aryl methyl sites for hydroxylation is 1. The minimum Gasteiger partial charge on any atom is -0.462 e. The van der Waals surface area contributed by atoms with Crippen LogP contribution in [0.25, 0.3) is 5.65 Å². The molecule has 0 spiro atoms. The van der Waals surface area contributed by atoms with Crippen molar-refractivity contribution in [3.63, 3.8) is 0 Å². The van der Waals surface area contributed by atoms with Gasteiger partial charge in [0.15, 0.2) is 0 Å². The van der Waals surface area contributed by atoms with Gasteiger partial charge in [0.05, 0.1) is 12.3 Å². The van der Waals surface area contributed by atoms with Gasteiger partial charge in [-0.05, 0) is 26.0 Å². The van der Waals surface area contributed by atoms with Crippen molar-refractivity contribution >= 4 is 23.4 Å². The number of esters is 1. The van der Waals surface area contributed by atoms with E-state index in [1.807, 2.05) is 35.0 Å². The standard InChI is InChI=1S/C16H16N4O3S/c1-3-23-15(21)13-10(2)17-16(22)19-14(13)24-9-11-8-20-7-5-4-6-12(20)18-11/h4-8H,3,9H2,1-2H3,(H,17,19,22). The van der Waals surface area contributed by atoms with Crippen LogP contribution in [0.2, 0.25) is 0 Å². The first-order valence-corrected chi connectivity index (χ1v) is 8.40. The fraction of sp³-hybridized carbons (Fsp3) is 0.250. The van der Waals surface area contributed by atoms with Crippen LogP contribution in [0.15, 0.2) is 40.4 Å². The molecule has 3 heterocycles. The molecule has 24 heavy (non-hydrogen) atoms. The summed E-state index contributed by atoms with van der Waals surface area (Å²) in [5.74, 6) is 0.000476. The number of nitrogens with one attached hydrogen (secondary N) is 1.